The Labute approximate surface area is 146 Å². The van der Waals surface area contributed by atoms with Gasteiger partial charge in [0, 0.05) is 29.4 Å². The van der Waals surface area contributed by atoms with Crippen LogP contribution < -0.4 is 16.4 Å². The van der Waals surface area contributed by atoms with Gasteiger partial charge in [0.05, 0.1) is 23.3 Å². The number of rotatable bonds is 2. The van der Waals surface area contributed by atoms with Gasteiger partial charge in [-0.25, -0.2) is 0 Å². The van der Waals surface area contributed by atoms with Crippen molar-refractivity contribution in [3.05, 3.63) is 35.0 Å². The van der Waals surface area contributed by atoms with E-state index >= 15 is 0 Å². The third-order valence-electron chi connectivity index (χ3n) is 5.23. The molecule has 24 heavy (non-hydrogen) atoms. The van der Waals surface area contributed by atoms with E-state index in [1.807, 2.05) is 12.3 Å². The third-order valence-corrected chi connectivity index (χ3v) is 5.45. The molecule has 4 atom stereocenters. The average molecular weight is 345 g/mol. The molecule has 1 aromatic rings. The first-order valence-corrected chi connectivity index (χ1v) is 8.87. The van der Waals surface area contributed by atoms with Gasteiger partial charge in [-0.15, -0.1) is 0 Å². The Hall–Kier alpha value is -1.85. The van der Waals surface area contributed by atoms with E-state index in [2.05, 4.69) is 21.7 Å². The summed E-state index contributed by atoms with van der Waals surface area (Å²) in [7, 11) is 0. The van der Waals surface area contributed by atoms with Crippen molar-refractivity contribution < 1.29 is 4.79 Å². The maximum absolute atomic E-state index is 12.7. The lowest BCUT2D eigenvalue weighted by Crippen LogP contribution is -2.40. The topological polar surface area (TPSA) is 79.5 Å². The van der Waals surface area contributed by atoms with E-state index in [4.69, 9.17) is 17.3 Å². The largest absolute Gasteiger partial charge is 0.374 e. The van der Waals surface area contributed by atoms with Gasteiger partial charge >= 0.3 is 0 Å². The standard InChI is InChI=1S/C18H21ClN4O/c19-10-7-13-11-5-6-21-9-16(11)22-17(13)15(8-10)23-18(24)12-3-1-2-4-14(12)20/h5-9,11-12,14,16,22H,1-4,20H2,(H,23,24)/t11?,12-,14?,16?/m1/s1. The Balaban J connectivity index is 1.62. The first-order chi connectivity index (χ1) is 11.6. The van der Waals surface area contributed by atoms with E-state index in [-0.39, 0.29) is 29.8 Å². The summed E-state index contributed by atoms with van der Waals surface area (Å²) in [5.41, 5.74) is 8.91. The summed E-state index contributed by atoms with van der Waals surface area (Å²) in [5.74, 6) is 0.0647. The fourth-order valence-corrected chi connectivity index (χ4v) is 4.18. The second-order valence-corrected chi connectivity index (χ2v) is 7.23. The van der Waals surface area contributed by atoms with E-state index in [0.717, 1.165) is 42.6 Å². The van der Waals surface area contributed by atoms with Crippen LogP contribution in [-0.4, -0.2) is 24.2 Å². The van der Waals surface area contributed by atoms with E-state index in [9.17, 15) is 4.79 Å². The number of carbonyl (C=O) groups excluding carboxylic acids is 1. The van der Waals surface area contributed by atoms with Crippen LogP contribution in [-0.2, 0) is 4.79 Å². The summed E-state index contributed by atoms with van der Waals surface area (Å²) in [6.45, 7) is 0. The summed E-state index contributed by atoms with van der Waals surface area (Å²) in [4.78, 5) is 16.9. The lowest BCUT2D eigenvalue weighted by Gasteiger charge is -2.27. The number of benzene rings is 1. The Morgan fingerprint density at radius 2 is 2.17 bits per heavy atom. The van der Waals surface area contributed by atoms with Gasteiger partial charge in [0.2, 0.25) is 5.91 Å². The lowest BCUT2D eigenvalue weighted by molar-refractivity contribution is -0.121. The second kappa shape index (κ2) is 6.22. The quantitative estimate of drug-likeness (QED) is 0.770. The molecule has 1 fully saturated rings. The molecule has 0 aromatic heterocycles. The van der Waals surface area contributed by atoms with E-state index in [1.165, 1.54) is 0 Å². The molecule has 0 bridgehead atoms. The van der Waals surface area contributed by atoms with Crippen LogP contribution in [0.1, 0.15) is 37.2 Å². The average Bonchev–Trinajstić information content (AvgIpc) is 2.94. The van der Waals surface area contributed by atoms with Crippen molar-refractivity contribution in [2.45, 2.75) is 43.7 Å². The number of nitrogens with two attached hydrogens (primary N) is 1. The molecule has 3 aliphatic rings. The van der Waals surface area contributed by atoms with Gasteiger partial charge in [-0.05, 0) is 30.5 Å². The predicted molar refractivity (Wildman–Crippen MR) is 97.8 cm³/mol. The Morgan fingerprint density at radius 1 is 1.33 bits per heavy atom. The molecule has 1 saturated carbocycles. The molecule has 0 spiro atoms. The van der Waals surface area contributed by atoms with Gasteiger partial charge in [0.1, 0.15) is 0 Å². The highest BCUT2D eigenvalue weighted by Gasteiger charge is 2.34. The zero-order chi connectivity index (χ0) is 16.7. The maximum atomic E-state index is 12.7. The van der Waals surface area contributed by atoms with Crippen LogP contribution in [0.3, 0.4) is 0 Å². The highest BCUT2D eigenvalue weighted by molar-refractivity contribution is 6.31. The zero-order valence-electron chi connectivity index (χ0n) is 13.3. The molecule has 3 unspecified atom stereocenters. The van der Waals surface area contributed by atoms with Crippen LogP contribution in [0, 0.1) is 5.92 Å². The number of fused-ring (bicyclic) bond motifs is 3. The summed E-state index contributed by atoms with van der Waals surface area (Å²) in [5, 5.41) is 7.13. The number of hydrogen-bond acceptors (Lipinski definition) is 4. The molecule has 5 nitrogen and oxygen atoms in total. The van der Waals surface area contributed by atoms with Crippen molar-refractivity contribution in [1.82, 2.24) is 0 Å². The van der Waals surface area contributed by atoms with Crippen molar-refractivity contribution in [1.29, 1.82) is 0 Å². The number of halogens is 1. The molecule has 6 heteroatoms. The number of anilines is 2. The number of hydrogen-bond donors (Lipinski definition) is 3. The Morgan fingerprint density at radius 3 is 3.00 bits per heavy atom. The van der Waals surface area contributed by atoms with E-state index < -0.39 is 0 Å². The molecular weight excluding hydrogens is 324 g/mol. The predicted octanol–water partition coefficient (Wildman–Crippen LogP) is 3.27. The third kappa shape index (κ3) is 2.72. The molecule has 2 aliphatic heterocycles. The SMILES string of the molecule is NC1CCCC[C@H]1C(=O)Nc1cc(Cl)cc2c1NC1C=NC=CC21. The number of carbonyl (C=O) groups is 1. The summed E-state index contributed by atoms with van der Waals surface area (Å²) in [6, 6.07) is 3.81. The fourth-order valence-electron chi connectivity index (χ4n) is 3.95. The summed E-state index contributed by atoms with van der Waals surface area (Å²) >= 11 is 6.30. The van der Waals surface area contributed by atoms with Crippen molar-refractivity contribution >= 4 is 35.1 Å². The molecule has 2 heterocycles. The minimum atomic E-state index is -0.126. The lowest BCUT2D eigenvalue weighted by atomic mass is 9.84. The minimum absolute atomic E-state index is 0.00690. The Kier molecular flexibility index (Phi) is 4.06. The minimum Gasteiger partial charge on any atom is -0.374 e. The number of nitrogens with zero attached hydrogens (tertiary/aromatic N) is 1. The smallest absolute Gasteiger partial charge is 0.229 e. The van der Waals surface area contributed by atoms with Crippen LogP contribution in [0.5, 0.6) is 0 Å². The molecule has 1 aliphatic carbocycles. The molecule has 0 saturated heterocycles. The zero-order valence-corrected chi connectivity index (χ0v) is 14.1. The second-order valence-electron chi connectivity index (χ2n) is 6.80. The molecular formula is C18H21ClN4O. The summed E-state index contributed by atoms with van der Waals surface area (Å²) < 4.78 is 0. The summed E-state index contributed by atoms with van der Waals surface area (Å²) in [6.07, 6.45) is 9.68. The van der Waals surface area contributed by atoms with Gasteiger partial charge in [0.15, 0.2) is 0 Å². The molecule has 126 valence electrons. The van der Waals surface area contributed by atoms with Crippen LogP contribution in [0.15, 0.2) is 29.4 Å². The number of amides is 1. The van der Waals surface area contributed by atoms with Gasteiger partial charge in [-0.3, -0.25) is 9.79 Å². The van der Waals surface area contributed by atoms with Crippen LogP contribution in [0.4, 0.5) is 11.4 Å². The van der Waals surface area contributed by atoms with Crippen LogP contribution in [0.2, 0.25) is 5.02 Å². The van der Waals surface area contributed by atoms with Crippen LogP contribution in [0.25, 0.3) is 0 Å². The number of nitrogens with one attached hydrogen (secondary N) is 2. The Bertz CT molecular complexity index is 730. The maximum Gasteiger partial charge on any atom is 0.229 e. The first kappa shape index (κ1) is 15.7. The van der Waals surface area contributed by atoms with Crippen molar-refractivity contribution in [3.8, 4) is 0 Å². The van der Waals surface area contributed by atoms with Crippen molar-refractivity contribution in [2.24, 2.45) is 16.6 Å². The molecule has 4 N–H and O–H groups in total. The van der Waals surface area contributed by atoms with Gasteiger partial charge in [-0.2, -0.15) is 0 Å². The highest BCUT2D eigenvalue weighted by atomic mass is 35.5. The molecule has 4 rings (SSSR count). The van der Waals surface area contributed by atoms with Gasteiger partial charge in [-0.1, -0.05) is 30.5 Å². The van der Waals surface area contributed by atoms with Crippen molar-refractivity contribution in [2.75, 3.05) is 10.6 Å². The van der Waals surface area contributed by atoms with Crippen LogP contribution >= 0.6 is 11.6 Å². The van der Waals surface area contributed by atoms with E-state index in [0.29, 0.717) is 5.02 Å². The van der Waals surface area contributed by atoms with Crippen molar-refractivity contribution in [3.63, 3.8) is 0 Å². The molecule has 1 aromatic carbocycles. The first-order valence-electron chi connectivity index (χ1n) is 8.50. The molecule has 0 radical (unpaired) electrons. The monoisotopic (exact) mass is 344 g/mol. The van der Waals surface area contributed by atoms with E-state index in [1.54, 1.807) is 12.3 Å². The van der Waals surface area contributed by atoms with Gasteiger partial charge < -0.3 is 16.4 Å². The van der Waals surface area contributed by atoms with Gasteiger partial charge in [0.25, 0.3) is 0 Å². The highest BCUT2D eigenvalue weighted by Crippen LogP contribution is 2.44. The normalized spacial score (nSPS) is 30.4. The number of aliphatic imine (C=N–C) groups is 1. The fraction of sp³-hybridized carbons (Fsp3) is 0.444. The molecule has 1 amide bonds.